The van der Waals surface area contributed by atoms with Crippen LogP contribution < -0.4 is 5.32 Å². The molecular weight excluding hydrogens is 308 g/mol. The molecule has 4 rings (SSSR count). The van der Waals surface area contributed by atoms with Crippen LogP contribution in [0.15, 0.2) is 60.6 Å². The molecule has 0 amide bonds. The predicted molar refractivity (Wildman–Crippen MR) is 101 cm³/mol. The Morgan fingerprint density at radius 2 is 2.04 bits per heavy atom. The highest BCUT2D eigenvalue weighted by Gasteiger charge is 2.12. The molecule has 0 saturated carbocycles. The van der Waals surface area contributed by atoms with Gasteiger partial charge < -0.3 is 5.32 Å². The van der Waals surface area contributed by atoms with Crippen molar-refractivity contribution in [1.29, 1.82) is 0 Å². The Hall–Kier alpha value is -2.46. The van der Waals surface area contributed by atoms with Crippen molar-refractivity contribution in [2.24, 2.45) is 0 Å². The molecule has 0 bridgehead atoms. The molecule has 1 aliphatic carbocycles. The van der Waals surface area contributed by atoms with E-state index in [0.717, 1.165) is 28.9 Å². The van der Waals surface area contributed by atoms with Gasteiger partial charge in [-0.05, 0) is 38.2 Å². The summed E-state index contributed by atoms with van der Waals surface area (Å²) >= 11 is 0. The van der Waals surface area contributed by atoms with E-state index in [4.69, 9.17) is 0 Å². The lowest BCUT2D eigenvalue weighted by Crippen LogP contribution is -2.28. The summed E-state index contributed by atoms with van der Waals surface area (Å²) in [6, 6.07) is 10.7. The topological polar surface area (TPSA) is 42.2 Å². The van der Waals surface area contributed by atoms with Gasteiger partial charge >= 0.3 is 0 Å². The summed E-state index contributed by atoms with van der Waals surface area (Å²) in [6.07, 6.45) is 13.4. The molecule has 3 aromatic rings. The smallest absolute Gasteiger partial charge is 0.162 e. The Labute approximate surface area is 148 Å². The second kappa shape index (κ2) is 7.19. The summed E-state index contributed by atoms with van der Waals surface area (Å²) in [7, 11) is 0. The minimum atomic E-state index is 0.425. The van der Waals surface area contributed by atoms with Gasteiger partial charge in [-0.25, -0.2) is 9.50 Å². The second-order valence-electron chi connectivity index (χ2n) is 6.78. The molecule has 2 heterocycles. The molecule has 1 N–H and O–H groups in total. The largest absolute Gasteiger partial charge is 0.306 e. The van der Waals surface area contributed by atoms with Gasteiger partial charge in [-0.15, -0.1) is 0 Å². The lowest BCUT2D eigenvalue weighted by molar-refractivity contribution is 0.558. The van der Waals surface area contributed by atoms with E-state index >= 15 is 0 Å². The van der Waals surface area contributed by atoms with Crippen molar-refractivity contribution >= 4 is 5.65 Å². The first-order valence-corrected chi connectivity index (χ1v) is 9.11. The van der Waals surface area contributed by atoms with Crippen LogP contribution in [0.4, 0.5) is 0 Å². The monoisotopic (exact) mass is 332 g/mol. The predicted octanol–water partition coefficient (Wildman–Crippen LogP) is 4.37. The first kappa shape index (κ1) is 16.0. The van der Waals surface area contributed by atoms with Gasteiger partial charge in [0.25, 0.3) is 0 Å². The molecule has 1 aromatic carbocycles. The van der Waals surface area contributed by atoms with Gasteiger partial charge in [0, 0.05) is 36.1 Å². The van der Waals surface area contributed by atoms with E-state index in [1.165, 1.54) is 25.7 Å². The molecule has 25 heavy (non-hydrogen) atoms. The number of benzene rings is 1. The number of hydrogen-bond donors (Lipinski definition) is 1. The van der Waals surface area contributed by atoms with Gasteiger partial charge in [0.2, 0.25) is 0 Å². The Bertz CT molecular complexity index is 879. The van der Waals surface area contributed by atoms with Crippen LogP contribution in [0.25, 0.3) is 16.8 Å². The van der Waals surface area contributed by atoms with Gasteiger partial charge in [0.05, 0.1) is 6.20 Å². The summed E-state index contributed by atoms with van der Waals surface area (Å²) in [4.78, 5) is 4.65. The summed E-state index contributed by atoms with van der Waals surface area (Å²) in [5, 5.41) is 8.11. The molecule has 4 heteroatoms. The molecule has 0 radical (unpaired) electrons. The first-order chi connectivity index (χ1) is 12.3. The van der Waals surface area contributed by atoms with E-state index in [1.807, 2.05) is 35.1 Å². The number of nitrogens with zero attached hydrogens (tertiary/aromatic N) is 3. The zero-order valence-corrected chi connectivity index (χ0v) is 14.7. The number of nitrogens with one attached hydrogen (secondary N) is 1. The van der Waals surface area contributed by atoms with Gasteiger partial charge in [-0.3, -0.25) is 0 Å². The third-order valence-electron chi connectivity index (χ3n) is 4.99. The Morgan fingerprint density at radius 3 is 2.84 bits per heavy atom. The maximum Gasteiger partial charge on any atom is 0.162 e. The molecule has 0 fully saturated rings. The third kappa shape index (κ3) is 3.49. The number of allylic oxidation sites excluding steroid dienone is 1. The number of aromatic nitrogens is 3. The quantitative estimate of drug-likeness (QED) is 0.705. The zero-order chi connectivity index (χ0) is 17.1. The Kier molecular flexibility index (Phi) is 4.61. The maximum atomic E-state index is 4.65. The minimum absolute atomic E-state index is 0.425. The Balaban J connectivity index is 1.49. The third-order valence-corrected chi connectivity index (χ3v) is 4.99. The minimum Gasteiger partial charge on any atom is -0.306 e. The summed E-state index contributed by atoms with van der Waals surface area (Å²) < 4.78 is 1.88. The van der Waals surface area contributed by atoms with Crippen molar-refractivity contribution in [3.8, 4) is 11.1 Å². The van der Waals surface area contributed by atoms with Crippen LogP contribution in [0.1, 0.15) is 38.2 Å². The lowest BCUT2D eigenvalue weighted by Gasteiger charge is -2.20. The Morgan fingerprint density at radius 1 is 1.16 bits per heavy atom. The van der Waals surface area contributed by atoms with Crippen molar-refractivity contribution in [2.45, 2.75) is 45.2 Å². The van der Waals surface area contributed by atoms with Crippen LogP contribution in [0, 0.1) is 0 Å². The van der Waals surface area contributed by atoms with Crippen LogP contribution in [0.3, 0.4) is 0 Å². The van der Waals surface area contributed by atoms with Crippen molar-refractivity contribution in [3.05, 3.63) is 66.1 Å². The number of fused-ring (bicyclic) bond motifs is 1. The van der Waals surface area contributed by atoms with Crippen LogP contribution in [-0.4, -0.2) is 20.6 Å². The average molecular weight is 332 g/mol. The first-order valence-electron chi connectivity index (χ1n) is 9.11. The average Bonchev–Trinajstić information content (AvgIpc) is 3.10. The summed E-state index contributed by atoms with van der Waals surface area (Å²) in [5.74, 6) is 0. The maximum absolute atomic E-state index is 4.65. The van der Waals surface area contributed by atoms with Gasteiger partial charge in [0.1, 0.15) is 0 Å². The number of hydrogen-bond acceptors (Lipinski definition) is 3. The fourth-order valence-electron chi connectivity index (χ4n) is 3.48. The van der Waals surface area contributed by atoms with E-state index in [-0.39, 0.29) is 0 Å². The molecule has 4 nitrogen and oxygen atoms in total. The molecule has 2 aromatic heterocycles. The molecule has 0 spiro atoms. The molecule has 1 aliphatic rings. The number of rotatable bonds is 5. The van der Waals surface area contributed by atoms with E-state index in [9.17, 15) is 0 Å². The van der Waals surface area contributed by atoms with E-state index in [2.05, 4.69) is 46.7 Å². The highest BCUT2D eigenvalue weighted by atomic mass is 15.2. The van der Waals surface area contributed by atoms with Crippen LogP contribution in [0.2, 0.25) is 0 Å². The fraction of sp³-hybridized carbons (Fsp3) is 0.333. The summed E-state index contributed by atoms with van der Waals surface area (Å²) in [6.45, 7) is 3.06. The molecule has 1 atom stereocenters. The van der Waals surface area contributed by atoms with Crippen molar-refractivity contribution in [3.63, 3.8) is 0 Å². The van der Waals surface area contributed by atoms with Gasteiger partial charge in [0.15, 0.2) is 5.65 Å². The van der Waals surface area contributed by atoms with E-state index < -0.39 is 0 Å². The molecule has 128 valence electrons. The SMILES string of the molecule is CC(NCc1cnc2c(-c3ccccc3)cnn2c1)C1=CCCCC1. The van der Waals surface area contributed by atoms with E-state index in [1.54, 1.807) is 5.57 Å². The van der Waals surface area contributed by atoms with Gasteiger partial charge in [-0.2, -0.15) is 5.10 Å². The van der Waals surface area contributed by atoms with Crippen LogP contribution in [0.5, 0.6) is 0 Å². The lowest BCUT2D eigenvalue weighted by atomic mass is 9.95. The second-order valence-corrected chi connectivity index (χ2v) is 6.78. The highest BCUT2D eigenvalue weighted by molar-refractivity contribution is 5.76. The zero-order valence-electron chi connectivity index (χ0n) is 14.7. The van der Waals surface area contributed by atoms with Gasteiger partial charge in [-0.1, -0.05) is 42.0 Å². The molecule has 0 saturated heterocycles. The molecule has 1 unspecified atom stereocenters. The molecule has 0 aliphatic heterocycles. The van der Waals surface area contributed by atoms with E-state index in [0.29, 0.717) is 6.04 Å². The molecular formula is C21H24N4. The fourth-order valence-corrected chi connectivity index (χ4v) is 3.48. The highest BCUT2D eigenvalue weighted by Crippen LogP contribution is 2.23. The summed E-state index contributed by atoms with van der Waals surface area (Å²) in [5.41, 5.74) is 5.82. The normalized spacial score (nSPS) is 16.0. The van der Waals surface area contributed by atoms with Crippen molar-refractivity contribution in [2.75, 3.05) is 0 Å². The van der Waals surface area contributed by atoms with Crippen LogP contribution in [-0.2, 0) is 6.54 Å². The van der Waals surface area contributed by atoms with Crippen molar-refractivity contribution in [1.82, 2.24) is 19.9 Å². The van der Waals surface area contributed by atoms with Crippen LogP contribution >= 0.6 is 0 Å². The van der Waals surface area contributed by atoms with Crippen molar-refractivity contribution < 1.29 is 0 Å². The standard InChI is InChI=1S/C21H24N4/c1-16(18-8-4-2-5-9-18)22-12-17-13-23-21-20(14-24-25(21)15-17)19-10-6-3-7-11-19/h3,6-8,10-11,13-16,22H,2,4-5,9,12H2,1H3.